The summed E-state index contributed by atoms with van der Waals surface area (Å²) in [6.45, 7) is 1.72. The van der Waals surface area contributed by atoms with E-state index in [9.17, 15) is 9.59 Å². The molecule has 0 aromatic heterocycles. The van der Waals surface area contributed by atoms with Crippen molar-refractivity contribution in [3.05, 3.63) is 35.9 Å². The number of carbonyl (C=O) groups is 2. The van der Waals surface area contributed by atoms with E-state index >= 15 is 0 Å². The van der Waals surface area contributed by atoms with Crippen LogP contribution in [0.4, 0.5) is 4.79 Å². The highest BCUT2D eigenvalue weighted by molar-refractivity contribution is 5.88. The van der Waals surface area contributed by atoms with Crippen molar-refractivity contribution in [2.24, 2.45) is 5.73 Å². The molecule has 0 radical (unpaired) electrons. The van der Waals surface area contributed by atoms with Crippen LogP contribution in [-0.4, -0.2) is 41.5 Å². The second-order valence-corrected chi connectivity index (χ2v) is 6.63. The van der Waals surface area contributed by atoms with Crippen molar-refractivity contribution in [3.8, 4) is 0 Å². The quantitative estimate of drug-likeness (QED) is 0.756. The van der Waals surface area contributed by atoms with Gasteiger partial charge in [0.2, 0.25) is 5.91 Å². The van der Waals surface area contributed by atoms with Gasteiger partial charge in [-0.1, -0.05) is 30.3 Å². The maximum absolute atomic E-state index is 12.4. The van der Waals surface area contributed by atoms with E-state index in [4.69, 9.17) is 5.73 Å². The Morgan fingerprint density at radius 1 is 1.30 bits per heavy atom. The van der Waals surface area contributed by atoms with Gasteiger partial charge in [-0.25, -0.2) is 4.79 Å². The molecule has 3 amide bonds. The SMILES string of the molecule is NC1(CNC(=O)NC2CCN(Cc3ccccc3)C2=O)CCC1. The molecule has 3 rings (SSSR count). The lowest BCUT2D eigenvalue weighted by Gasteiger charge is -2.38. The molecule has 1 atom stereocenters. The molecule has 1 aromatic rings. The highest BCUT2D eigenvalue weighted by atomic mass is 16.2. The van der Waals surface area contributed by atoms with Crippen molar-refractivity contribution in [1.82, 2.24) is 15.5 Å². The van der Waals surface area contributed by atoms with Gasteiger partial charge in [0.15, 0.2) is 0 Å². The Kier molecular flexibility index (Phi) is 4.52. The third kappa shape index (κ3) is 3.82. The summed E-state index contributed by atoms with van der Waals surface area (Å²) in [7, 11) is 0. The van der Waals surface area contributed by atoms with Crippen molar-refractivity contribution < 1.29 is 9.59 Å². The molecule has 1 saturated carbocycles. The number of nitrogens with zero attached hydrogens (tertiary/aromatic N) is 1. The lowest BCUT2D eigenvalue weighted by Crippen LogP contribution is -2.57. The van der Waals surface area contributed by atoms with Crippen LogP contribution in [0.5, 0.6) is 0 Å². The van der Waals surface area contributed by atoms with Gasteiger partial charge in [0.1, 0.15) is 6.04 Å². The zero-order chi connectivity index (χ0) is 16.3. The third-order valence-electron chi connectivity index (χ3n) is 4.77. The molecular formula is C17H24N4O2. The standard InChI is InChI=1S/C17H24N4O2/c18-17(8-4-9-17)12-19-16(23)20-14-7-10-21(15(14)22)11-13-5-2-1-3-6-13/h1-3,5-6,14H,4,7-12,18H2,(H2,19,20,23). The minimum Gasteiger partial charge on any atom is -0.336 e. The summed E-state index contributed by atoms with van der Waals surface area (Å²) in [6, 6.07) is 9.14. The Morgan fingerprint density at radius 2 is 2.04 bits per heavy atom. The van der Waals surface area contributed by atoms with Crippen molar-refractivity contribution in [2.75, 3.05) is 13.1 Å². The molecule has 6 nitrogen and oxygen atoms in total. The van der Waals surface area contributed by atoms with Crippen molar-refractivity contribution >= 4 is 11.9 Å². The highest BCUT2D eigenvalue weighted by Crippen LogP contribution is 2.28. The summed E-state index contributed by atoms with van der Waals surface area (Å²) in [5.74, 6) is -0.0184. The molecule has 0 spiro atoms. The van der Waals surface area contributed by atoms with Crippen LogP contribution < -0.4 is 16.4 Å². The van der Waals surface area contributed by atoms with Gasteiger partial charge in [-0.15, -0.1) is 0 Å². The number of benzene rings is 1. The molecule has 1 unspecified atom stereocenters. The highest BCUT2D eigenvalue weighted by Gasteiger charge is 2.35. The Labute approximate surface area is 136 Å². The number of amides is 3. The molecule has 0 bridgehead atoms. The fourth-order valence-corrected chi connectivity index (χ4v) is 3.11. The van der Waals surface area contributed by atoms with Gasteiger partial charge in [-0.3, -0.25) is 4.79 Å². The minimum atomic E-state index is -0.436. The molecule has 1 saturated heterocycles. The first-order valence-corrected chi connectivity index (χ1v) is 8.22. The molecule has 1 aliphatic heterocycles. The van der Waals surface area contributed by atoms with Crippen LogP contribution in [-0.2, 0) is 11.3 Å². The predicted molar refractivity (Wildman–Crippen MR) is 87.6 cm³/mol. The summed E-state index contributed by atoms with van der Waals surface area (Å²) >= 11 is 0. The molecule has 1 heterocycles. The number of carbonyl (C=O) groups excluding carboxylic acids is 2. The van der Waals surface area contributed by atoms with Crippen LogP contribution in [0, 0.1) is 0 Å². The number of likely N-dealkylation sites (tertiary alicyclic amines) is 1. The summed E-state index contributed by atoms with van der Waals surface area (Å²) < 4.78 is 0. The van der Waals surface area contributed by atoms with Crippen LogP contribution in [0.25, 0.3) is 0 Å². The average Bonchev–Trinajstić information content (AvgIpc) is 2.85. The van der Waals surface area contributed by atoms with Crippen LogP contribution in [0.2, 0.25) is 0 Å². The molecule has 4 N–H and O–H groups in total. The summed E-state index contributed by atoms with van der Waals surface area (Å²) in [4.78, 5) is 26.1. The third-order valence-corrected chi connectivity index (χ3v) is 4.77. The maximum Gasteiger partial charge on any atom is 0.315 e. The van der Waals surface area contributed by atoms with E-state index in [0.717, 1.165) is 24.8 Å². The number of hydrogen-bond acceptors (Lipinski definition) is 3. The number of nitrogens with two attached hydrogens (primary N) is 1. The summed E-state index contributed by atoms with van der Waals surface area (Å²) in [6.07, 6.45) is 3.66. The Hall–Kier alpha value is -2.08. The average molecular weight is 316 g/mol. The first-order valence-electron chi connectivity index (χ1n) is 8.22. The molecule has 6 heteroatoms. The van der Waals surface area contributed by atoms with Gasteiger partial charge in [0.25, 0.3) is 0 Å². The van der Waals surface area contributed by atoms with Crippen LogP contribution in [0.1, 0.15) is 31.2 Å². The largest absolute Gasteiger partial charge is 0.336 e. The second-order valence-electron chi connectivity index (χ2n) is 6.63. The number of nitrogens with one attached hydrogen (secondary N) is 2. The van der Waals surface area contributed by atoms with Gasteiger partial charge in [-0.2, -0.15) is 0 Å². The molecule has 1 aliphatic carbocycles. The van der Waals surface area contributed by atoms with E-state index in [-0.39, 0.29) is 17.5 Å². The van der Waals surface area contributed by atoms with Gasteiger partial charge < -0.3 is 21.3 Å². The first-order chi connectivity index (χ1) is 11.1. The predicted octanol–water partition coefficient (Wildman–Crippen LogP) is 0.968. The zero-order valence-corrected chi connectivity index (χ0v) is 13.3. The lowest BCUT2D eigenvalue weighted by molar-refractivity contribution is -0.129. The van der Waals surface area contributed by atoms with E-state index in [0.29, 0.717) is 26.1 Å². The fraction of sp³-hybridized carbons (Fsp3) is 0.529. The topological polar surface area (TPSA) is 87.5 Å². The normalized spacial score (nSPS) is 22.6. The van der Waals surface area contributed by atoms with Gasteiger partial charge in [-0.05, 0) is 31.2 Å². The van der Waals surface area contributed by atoms with E-state index in [1.807, 2.05) is 30.3 Å². The van der Waals surface area contributed by atoms with E-state index in [2.05, 4.69) is 10.6 Å². The number of urea groups is 1. The van der Waals surface area contributed by atoms with Crippen molar-refractivity contribution in [3.63, 3.8) is 0 Å². The molecule has 2 fully saturated rings. The number of rotatable bonds is 5. The van der Waals surface area contributed by atoms with E-state index in [1.54, 1.807) is 4.90 Å². The van der Waals surface area contributed by atoms with Crippen LogP contribution in [0.15, 0.2) is 30.3 Å². The minimum absolute atomic E-state index is 0.0184. The zero-order valence-electron chi connectivity index (χ0n) is 13.3. The van der Waals surface area contributed by atoms with E-state index < -0.39 is 6.04 Å². The first kappa shape index (κ1) is 15.8. The Morgan fingerprint density at radius 3 is 2.70 bits per heavy atom. The van der Waals surface area contributed by atoms with Crippen LogP contribution >= 0.6 is 0 Å². The second kappa shape index (κ2) is 6.58. The molecule has 23 heavy (non-hydrogen) atoms. The maximum atomic E-state index is 12.4. The van der Waals surface area contributed by atoms with Crippen molar-refractivity contribution in [2.45, 2.75) is 43.8 Å². The van der Waals surface area contributed by atoms with Crippen molar-refractivity contribution in [1.29, 1.82) is 0 Å². The summed E-state index contributed by atoms with van der Waals surface area (Å²) in [5, 5.41) is 5.56. The Balaban J connectivity index is 1.46. The summed E-state index contributed by atoms with van der Waals surface area (Å²) in [5.41, 5.74) is 6.92. The van der Waals surface area contributed by atoms with Crippen LogP contribution in [0.3, 0.4) is 0 Å². The number of hydrogen-bond donors (Lipinski definition) is 3. The molecule has 2 aliphatic rings. The molecular weight excluding hydrogens is 292 g/mol. The fourth-order valence-electron chi connectivity index (χ4n) is 3.11. The molecule has 124 valence electrons. The molecule has 1 aromatic carbocycles. The van der Waals surface area contributed by atoms with Gasteiger partial charge >= 0.3 is 6.03 Å². The monoisotopic (exact) mass is 316 g/mol. The smallest absolute Gasteiger partial charge is 0.315 e. The van der Waals surface area contributed by atoms with Gasteiger partial charge in [0.05, 0.1) is 0 Å². The van der Waals surface area contributed by atoms with E-state index in [1.165, 1.54) is 0 Å². The Bertz CT molecular complexity index is 571. The van der Waals surface area contributed by atoms with Gasteiger partial charge in [0, 0.05) is 25.2 Å². The lowest BCUT2D eigenvalue weighted by atomic mass is 9.78.